The number of amides is 2. The maximum absolute atomic E-state index is 12.5. The first-order chi connectivity index (χ1) is 14.8. The van der Waals surface area contributed by atoms with Gasteiger partial charge in [-0.05, 0) is 24.5 Å². The van der Waals surface area contributed by atoms with Crippen molar-refractivity contribution < 1.29 is 28.8 Å². The minimum absolute atomic E-state index is 0.147. The predicted octanol–water partition coefficient (Wildman–Crippen LogP) is 2.96. The molecule has 0 aromatic heterocycles. The van der Waals surface area contributed by atoms with Gasteiger partial charge in [-0.25, -0.2) is 0 Å². The number of rotatable bonds is 9. The Labute approximate surface area is 177 Å². The number of carbonyl (C=O) groups excluding carboxylic acids is 4. The zero-order valence-electron chi connectivity index (χ0n) is 16.8. The molecule has 2 amide bonds. The molecule has 0 bridgehead atoms. The Balaban J connectivity index is 1.59. The molecule has 1 aliphatic rings. The van der Waals surface area contributed by atoms with Gasteiger partial charge in [-0.3, -0.25) is 34.2 Å². The van der Waals surface area contributed by atoms with Crippen molar-refractivity contribution in [1.29, 1.82) is 0 Å². The molecule has 0 fully saturated rings. The van der Waals surface area contributed by atoms with Crippen LogP contribution in [0.3, 0.4) is 0 Å². The molecule has 2 aromatic rings. The summed E-state index contributed by atoms with van der Waals surface area (Å²) in [6, 6.07) is 10.7. The molecule has 0 unspecified atom stereocenters. The fourth-order valence-electron chi connectivity index (χ4n) is 3.25. The molecule has 0 radical (unpaired) electrons. The number of aryl methyl sites for hydroxylation is 1. The van der Waals surface area contributed by atoms with Crippen molar-refractivity contribution in [2.24, 2.45) is 0 Å². The monoisotopic (exact) mass is 424 g/mol. The highest BCUT2D eigenvalue weighted by atomic mass is 16.6. The normalized spacial score (nSPS) is 12.6. The number of fused-ring (bicyclic) bond motifs is 1. The fourth-order valence-corrected chi connectivity index (χ4v) is 3.25. The van der Waals surface area contributed by atoms with Gasteiger partial charge in [0.05, 0.1) is 10.5 Å². The minimum atomic E-state index is -0.968. The van der Waals surface area contributed by atoms with Crippen molar-refractivity contribution in [3.63, 3.8) is 0 Å². The molecule has 0 saturated carbocycles. The first-order valence-corrected chi connectivity index (χ1v) is 9.74. The Kier molecular flexibility index (Phi) is 6.54. The van der Waals surface area contributed by atoms with Crippen molar-refractivity contribution >= 4 is 29.3 Å². The van der Waals surface area contributed by atoms with Gasteiger partial charge in [-0.15, -0.1) is 0 Å². The number of Topliss-reactive ketones (excluding diaryl/α,β-unsaturated/α-hetero) is 1. The van der Waals surface area contributed by atoms with Gasteiger partial charge >= 0.3 is 5.97 Å². The SMILES string of the molecule is CCCCc1ccc(C(=O)COC(=O)CN2C(=O)c3cccc([N+](=O)[O-])c3C2=O)cc1. The van der Waals surface area contributed by atoms with Crippen LogP contribution in [0.5, 0.6) is 0 Å². The number of carbonyl (C=O) groups is 4. The molecule has 0 aliphatic carbocycles. The van der Waals surface area contributed by atoms with Gasteiger partial charge < -0.3 is 4.74 Å². The molecule has 1 heterocycles. The van der Waals surface area contributed by atoms with E-state index in [9.17, 15) is 29.3 Å². The lowest BCUT2D eigenvalue weighted by Crippen LogP contribution is -2.36. The number of esters is 1. The molecule has 31 heavy (non-hydrogen) atoms. The summed E-state index contributed by atoms with van der Waals surface area (Å²) in [6.45, 7) is 0.804. The standard InChI is InChI=1S/C22H20N2O7/c1-2-3-5-14-8-10-15(11-9-14)18(25)13-31-19(26)12-23-21(27)16-6-4-7-17(24(29)30)20(16)22(23)28/h4,6-11H,2-3,5,12-13H2,1H3. The van der Waals surface area contributed by atoms with E-state index in [2.05, 4.69) is 6.92 Å². The summed E-state index contributed by atoms with van der Waals surface area (Å²) in [5.41, 5.74) is 0.472. The summed E-state index contributed by atoms with van der Waals surface area (Å²) < 4.78 is 4.92. The van der Waals surface area contributed by atoms with E-state index in [1.165, 1.54) is 12.1 Å². The van der Waals surface area contributed by atoms with Gasteiger partial charge in [0.15, 0.2) is 12.4 Å². The van der Waals surface area contributed by atoms with Crippen LogP contribution in [0, 0.1) is 10.1 Å². The van der Waals surface area contributed by atoms with Crippen LogP contribution >= 0.6 is 0 Å². The van der Waals surface area contributed by atoms with Crippen molar-refractivity contribution in [1.82, 2.24) is 4.90 Å². The molecule has 9 heteroatoms. The maximum atomic E-state index is 12.5. The van der Waals surface area contributed by atoms with E-state index in [4.69, 9.17) is 4.74 Å². The molecular weight excluding hydrogens is 404 g/mol. The molecule has 0 spiro atoms. The van der Waals surface area contributed by atoms with Gasteiger partial charge in [-0.2, -0.15) is 0 Å². The second-order valence-corrected chi connectivity index (χ2v) is 7.04. The summed E-state index contributed by atoms with van der Waals surface area (Å²) in [7, 11) is 0. The van der Waals surface area contributed by atoms with Crippen molar-refractivity contribution in [2.45, 2.75) is 26.2 Å². The summed E-state index contributed by atoms with van der Waals surface area (Å²) in [6.07, 6.45) is 3.03. The van der Waals surface area contributed by atoms with Crippen LogP contribution in [0.4, 0.5) is 5.69 Å². The lowest BCUT2D eigenvalue weighted by molar-refractivity contribution is -0.385. The fraction of sp³-hybridized carbons (Fsp3) is 0.273. The van der Waals surface area contributed by atoms with E-state index in [1.807, 2.05) is 12.1 Å². The smallest absolute Gasteiger partial charge is 0.326 e. The molecule has 1 aliphatic heterocycles. The van der Waals surface area contributed by atoms with Crippen LogP contribution in [0.1, 0.15) is 56.4 Å². The summed E-state index contributed by atoms with van der Waals surface area (Å²) in [5, 5.41) is 11.1. The Bertz CT molecular complexity index is 1060. The number of ketones is 1. The lowest BCUT2D eigenvalue weighted by atomic mass is 10.0. The predicted molar refractivity (Wildman–Crippen MR) is 109 cm³/mol. The number of hydrogen-bond acceptors (Lipinski definition) is 7. The third kappa shape index (κ3) is 4.66. The highest BCUT2D eigenvalue weighted by Crippen LogP contribution is 2.30. The van der Waals surface area contributed by atoms with Gasteiger partial charge in [0.2, 0.25) is 0 Å². The number of ether oxygens (including phenoxy) is 1. The van der Waals surface area contributed by atoms with E-state index in [0.717, 1.165) is 30.9 Å². The highest BCUT2D eigenvalue weighted by molar-refractivity contribution is 6.24. The van der Waals surface area contributed by atoms with E-state index in [-0.39, 0.29) is 11.1 Å². The van der Waals surface area contributed by atoms with E-state index in [1.54, 1.807) is 12.1 Å². The molecule has 0 atom stereocenters. The maximum Gasteiger partial charge on any atom is 0.326 e. The quantitative estimate of drug-likeness (QED) is 0.199. The second kappa shape index (κ2) is 9.29. The van der Waals surface area contributed by atoms with Crippen molar-refractivity contribution in [3.8, 4) is 0 Å². The van der Waals surface area contributed by atoms with E-state index < -0.39 is 47.3 Å². The first kappa shape index (κ1) is 21.8. The van der Waals surface area contributed by atoms with Crippen LogP contribution in [-0.2, 0) is 16.0 Å². The van der Waals surface area contributed by atoms with Gasteiger partial charge in [0.25, 0.3) is 17.5 Å². The Morgan fingerprint density at radius 3 is 2.42 bits per heavy atom. The van der Waals surface area contributed by atoms with Crippen LogP contribution in [0.15, 0.2) is 42.5 Å². The molecule has 3 rings (SSSR count). The number of unbranched alkanes of at least 4 members (excludes halogenated alkanes) is 1. The third-order valence-corrected chi connectivity index (χ3v) is 4.92. The summed E-state index contributed by atoms with van der Waals surface area (Å²) >= 11 is 0. The van der Waals surface area contributed by atoms with Crippen LogP contribution < -0.4 is 0 Å². The number of hydrogen-bond donors (Lipinski definition) is 0. The summed E-state index contributed by atoms with van der Waals surface area (Å²) in [4.78, 5) is 60.1. The lowest BCUT2D eigenvalue weighted by Gasteiger charge is -2.12. The first-order valence-electron chi connectivity index (χ1n) is 9.74. The van der Waals surface area contributed by atoms with Crippen molar-refractivity contribution in [3.05, 3.63) is 74.8 Å². The number of nitro groups is 1. The topological polar surface area (TPSA) is 124 Å². The van der Waals surface area contributed by atoms with Crippen LogP contribution in [-0.4, -0.2) is 46.5 Å². The average molecular weight is 424 g/mol. The Morgan fingerprint density at radius 2 is 1.77 bits per heavy atom. The van der Waals surface area contributed by atoms with Crippen LogP contribution in [0.25, 0.3) is 0 Å². The second-order valence-electron chi connectivity index (χ2n) is 7.04. The summed E-state index contributed by atoms with van der Waals surface area (Å²) in [5.74, 6) is -3.16. The van der Waals surface area contributed by atoms with E-state index >= 15 is 0 Å². The Hall–Kier alpha value is -3.88. The van der Waals surface area contributed by atoms with Gasteiger partial charge in [-0.1, -0.05) is 43.7 Å². The Morgan fingerprint density at radius 1 is 1.06 bits per heavy atom. The average Bonchev–Trinajstić information content (AvgIpc) is 3.01. The third-order valence-electron chi connectivity index (χ3n) is 4.92. The zero-order chi connectivity index (χ0) is 22.5. The van der Waals surface area contributed by atoms with Gasteiger partial charge in [0, 0.05) is 11.6 Å². The highest BCUT2D eigenvalue weighted by Gasteiger charge is 2.41. The van der Waals surface area contributed by atoms with Crippen molar-refractivity contribution in [2.75, 3.05) is 13.2 Å². The zero-order valence-corrected chi connectivity index (χ0v) is 16.8. The number of benzene rings is 2. The largest absolute Gasteiger partial charge is 0.456 e. The molecule has 9 nitrogen and oxygen atoms in total. The molecule has 160 valence electrons. The number of imide groups is 1. The molecule has 0 saturated heterocycles. The number of nitro benzene ring substituents is 1. The molecule has 2 aromatic carbocycles. The van der Waals surface area contributed by atoms with Crippen LogP contribution in [0.2, 0.25) is 0 Å². The van der Waals surface area contributed by atoms with E-state index in [0.29, 0.717) is 10.5 Å². The molecular formula is C22H20N2O7. The number of nitrogens with zero attached hydrogens (tertiary/aromatic N) is 2. The van der Waals surface area contributed by atoms with Gasteiger partial charge in [0.1, 0.15) is 12.1 Å². The molecule has 0 N–H and O–H groups in total. The minimum Gasteiger partial charge on any atom is -0.456 e.